The molecule has 17 heavy (non-hydrogen) atoms. The highest BCUT2D eigenvalue weighted by atomic mass is 16.6. The maximum absolute atomic E-state index is 11.8. The second-order valence-electron chi connectivity index (χ2n) is 3.31. The molecule has 3 N–H and O–H groups in total. The lowest BCUT2D eigenvalue weighted by Gasteiger charge is -1.98. The summed E-state index contributed by atoms with van der Waals surface area (Å²) in [6, 6.07) is 1.58. The highest BCUT2D eigenvalue weighted by molar-refractivity contribution is 5.78. The van der Waals surface area contributed by atoms with Crippen molar-refractivity contribution in [3.05, 3.63) is 28.8 Å². The van der Waals surface area contributed by atoms with Crippen LogP contribution in [0.15, 0.2) is 27.9 Å². The van der Waals surface area contributed by atoms with Crippen molar-refractivity contribution >= 4 is 16.7 Å². The molecule has 0 unspecified atom stereocenters. The first-order valence-corrected chi connectivity index (χ1v) is 4.68. The molecule has 8 heteroatoms. The lowest BCUT2D eigenvalue weighted by Crippen LogP contribution is -2.10. The van der Waals surface area contributed by atoms with Crippen molar-refractivity contribution in [1.29, 1.82) is 0 Å². The molecule has 0 aliphatic heterocycles. The normalized spacial score (nSPS) is 10.8. The van der Waals surface area contributed by atoms with E-state index < -0.39 is 0 Å². The number of aromatic nitrogens is 5. The number of hydrogen-bond acceptors (Lipinski definition) is 7. The van der Waals surface area contributed by atoms with Crippen molar-refractivity contribution in [2.24, 2.45) is 0 Å². The fourth-order valence-corrected chi connectivity index (χ4v) is 1.46. The number of aromatic amines is 1. The van der Waals surface area contributed by atoms with E-state index in [0.717, 1.165) is 0 Å². The topological polar surface area (TPSA) is 124 Å². The van der Waals surface area contributed by atoms with Crippen molar-refractivity contribution in [1.82, 2.24) is 25.3 Å². The van der Waals surface area contributed by atoms with Crippen LogP contribution in [0.1, 0.15) is 0 Å². The van der Waals surface area contributed by atoms with E-state index in [0.29, 0.717) is 10.9 Å². The molecule has 0 spiro atoms. The summed E-state index contributed by atoms with van der Waals surface area (Å²) in [7, 11) is 0. The highest BCUT2D eigenvalue weighted by Gasteiger charge is 2.13. The fourth-order valence-electron chi connectivity index (χ4n) is 1.46. The molecule has 0 aliphatic rings. The summed E-state index contributed by atoms with van der Waals surface area (Å²) in [5, 5.41) is 7.43. The number of nitrogens with one attached hydrogen (secondary N) is 1. The molecule has 0 saturated carbocycles. The number of nitrogen functional groups attached to an aromatic ring is 1. The molecule has 8 nitrogen and oxygen atoms in total. The number of H-pyrrole nitrogens is 1. The van der Waals surface area contributed by atoms with Gasteiger partial charge in [0, 0.05) is 6.20 Å². The third kappa shape index (κ3) is 1.42. The predicted octanol–water partition coefficient (Wildman–Crippen LogP) is -0.0497. The predicted molar refractivity (Wildman–Crippen MR) is 57.9 cm³/mol. The lowest BCUT2D eigenvalue weighted by atomic mass is 10.3. The van der Waals surface area contributed by atoms with Gasteiger partial charge in [0.15, 0.2) is 17.3 Å². The second kappa shape index (κ2) is 3.37. The Morgan fingerprint density at radius 1 is 1.35 bits per heavy atom. The first kappa shape index (κ1) is 9.46. The van der Waals surface area contributed by atoms with E-state index in [1.807, 2.05) is 0 Å². The smallest absolute Gasteiger partial charge is 0.259 e. The van der Waals surface area contributed by atoms with Gasteiger partial charge >= 0.3 is 0 Å². The van der Waals surface area contributed by atoms with Crippen molar-refractivity contribution in [3.8, 4) is 11.5 Å². The van der Waals surface area contributed by atoms with Crippen LogP contribution in [0.2, 0.25) is 0 Å². The molecule has 0 bridgehead atoms. The molecule has 0 amide bonds. The summed E-state index contributed by atoms with van der Waals surface area (Å²) in [5.74, 6) is 0.269. The van der Waals surface area contributed by atoms with E-state index in [2.05, 4.69) is 29.9 Å². The molecule has 3 aromatic rings. The van der Waals surface area contributed by atoms with Crippen LogP contribution < -0.4 is 11.3 Å². The van der Waals surface area contributed by atoms with Gasteiger partial charge in [0.05, 0.1) is 17.1 Å². The zero-order valence-electron chi connectivity index (χ0n) is 8.41. The molecule has 0 radical (unpaired) electrons. The fraction of sp³-hybridized carbons (Fsp3) is 0. The van der Waals surface area contributed by atoms with Gasteiger partial charge in [-0.05, 0) is 16.4 Å². The third-order valence-electron chi connectivity index (χ3n) is 2.25. The molecular formula is C9H6N6O2. The highest BCUT2D eigenvalue weighted by Crippen LogP contribution is 2.17. The van der Waals surface area contributed by atoms with E-state index >= 15 is 0 Å². The molecule has 3 heterocycles. The third-order valence-corrected chi connectivity index (χ3v) is 2.25. The lowest BCUT2D eigenvalue weighted by molar-refractivity contribution is 0.310. The molecule has 0 fully saturated rings. The SMILES string of the molecule is Nc1nonc1-c1nc2cnccc2c(=O)[nH]1. The van der Waals surface area contributed by atoms with Gasteiger partial charge in [-0.2, -0.15) is 0 Å². The van der Waals surface area contributed by atoms with Crippen LogP contribution in [0.4, 0.5) is 5.82 Å². The zero-order chi connectivity index (χ0) is 11.8. The van der Waals surface area contributed by atoms with E-state index in [1.54, 1.807) is 6.07 Å². The van der Waals surface area contributed by atoms with Gasteiger partial charge in [-0.3, -0.25) is 9.78 Å². The van der Waals surface area contributed by atoms with Crippen LogP contribution in [-0.4, -0.2) is 25.3 Å². The van der Waals surface area contributed by atoms with Gasteiger partial charge in [0.25, 0.3) is 5.56 Å². The number of hydrogen-bond donors (Lipinski definition) is 2. The van der Waals surface area contributed by atoms with Crippen molar-refractivity contribution in [3.63, 3.8) is 0 Å². The molecule has 3 aromatic heterocycles. The van der Waals surface area contributed by atoms with Gasteiger partial charge in [0.1, 0.15) is 0 Å². The minimum Gasteiger partial charge on any atom is -0.379 e. The van der Waals surface area contributed by atoms with Crippen LogP contribution >= 0.6 is 0 Å². The molecule has 0 saturated heterocycles. The Morgan fingerprint density at radius 3 is 3.00 bits per heavy atom. The van der Waals surface area contributed by atoms with Crippen molar-refractivity contribution in [2.75, 3.05) is 5.73 Å². The molecular weight excluding hydrogens is 224 g/mol. The van der Waals surface area contributed by atoms with Crippen LogP contribution in [0, 0.1) is 0 Å². The summed E-state index contributed by atoms with van der Waals surface area (Å²) < 4.78 is 4.45. The van der Waals surface area contributed by atoms with Gasteiger partial charge < -0.3 is 10.7 Å². The molecule has 0 aliphatic carbocycles. The maximum atomic E-state index is 11.8. The Kier molecular flexibility index (Phi) is 1.87. The summed E-state index contributed by atoms with van der Waals surface area (Å²) >= 11 is 0. The first-order valence-electron chi connectivity index (χ1n) is 4.68. The Morgan fingerprint density at radius 2 is 2.24 bits per heavy atom. The minimum absolute atomic E-state index is 0.0661. The molecule has 84 valence electrons. The van der Waals surface area contributed by atoms with Crippen molar-refractivity contribution in [2.45, 2.75) is 0 Å². The van der Waals surface area contributed by atoms with Gasteiger partial charge in [-0.1, -0.05) is 0 Å². The average Bonchev–Trinajstić information content (AvgIpc) is 2.75. The Labute approximate surface area is 93.5 Å². The summed E-state index contributed by atoms with van der Waals surface area (Å²) in [4.78, 5) is 22.4. The Balaban J connectivity index is 2.33. The number of pyridine rings is 1. The number of rotatable bonds is 1. The summed E-state index contributed by atoms with van der Waals surface area (Å²) in [5.41, 5.74) is 5.88. The molecule has 3 rings (SSSR count). The minimum atomic E-state index is -0.296. The monoisotopic (exact) mass is 230 g/mol. The standard InChI is InChI=1S/C9H6N6O2/c10-7-6(14-17-15-7)8-12-5-3-11-2-1-4(5)9(16)13-8/h1-3H,(H2,10,15)(H,12,13,16). The first-order chi connectivity index (χ1) is 8.25. The van der Waals surface area contributed by atoms with Crippen LogP contribution in [-0.2, 0) is 0 Å². The second-order valence-corrected chi connectivity index (χ2v) is 3.31. The Hall–Kier alpha value is -2.77. The van der Waals surface area contributed by atoms with Gasteiger partial charge in [0.2, 0.25) is 0 Å². The van der Waals surface area contributed by atoms with E-state index in [-0.39, 0.29) is 22.9 Å². The average molecular weight is 230 g/mol. The maximum Gasteiger partial charge on any atom is 0.259 e. The number of anilines is 1. The van der Waals surface area contributed by atoms with E-state index in [4.69, 9.17) is 5.73 Å². The molecule has 0 atom stereocenters. The summed E-state index contributed by atoms with van der Waals surface area (Å²) in [6.45, 7) is 0. The number of fused-ring (bicyclic) bond motifs is 1. The Bertz CT molecular complexity index is 746. The number of nitrogens with two attached hydrogens (primary N) is 1. The number of nitrogens with zero attached hydrogens (tertiary/aromatic N) is 4. The quantitative estimate of drug-likeness (QED) is 0.600. The summed E-state index contributed by atoms with van der Waals surface area (Å²) in [6.07, 6.45) is 3.00. The zero-order valence-corrected chi connectivity index (χ0v) is 8.41. The van der Waals surface area contributed by atoms with Crippen molar-refractivity contribution < 1.29 is 4.63 Å². The van der Waals surface area contributed by atoms with Crippen LogP contribution in [0.3, 0.4) is 0 Å². The molecule has 0 aromatic carbocycles. The van der Waals surface area contributed by atoms with Gasteiger partial charge in [-0.25, -0.2) is 9.61 Å². The van der Waals surface area contributed by atoms with Crippen LogP contribution in [0.5, 0.6) is 0 Å². The van der Waals surface area contributed by atoms with E-state index in [9.17, 15) is 4.79 Å². The van der Waals surface area contributed by atoms with Gasteiger partial charge in [-0.15, -0.1) is 0 Å². The van der Waals surface area contributed by atoms with E-state index in [1.165, 1.54) is 12.4 Å². The van der Waals surface area contributed by atoms with Crippen LogP contribution in [0.25, 0.3) is 22.4 Å². The largest absolute Gasteiger partial charge is 0.379 e.